The summed E-state index contributed by atoms with van der Waals surface area (Å²) in [5, 5.41) is 3.72. The van der Waals surface area contributed by atoms with Crippen LogP contribution in [0, 0.1) is 0 Å². The Labute approximate surface area is 139 Å². The molecule has 1 amide bonds. The lowest BCUT2D eigenvalue weighted by molar-refractivity contribution is -0.118. The molecule has 0 fully saturated rings. The minimum atomic E-state index is -0.453. The summed E-state index contributed by atoms with van der Waals surface area (Å²) in [6.07, 6.45) is 2.53. The third-order valence-corrected chi connectivity index (χ3v) is 4.05. The van der Waals surface area contributed by atoms with Crippen LogP contribution in [0.5, 0.6) is 5.75 Å². The van der Waals surface area contributed by atoms with Crippen molar-refractivity contribution in [1.82, 2.24) is 4.57 Å². The van der Waals surface area contributed by atoms with E-state index in [2.05, 4.69) is 5.32 Å². The van der Waals surface area contributed by atoms with Gasteiger partial charge >= 0.3 is 0 Å². The van der Waals surface area contributed by atoms with Gasteiger partial charge in [-0.25, -0.2) is 0 Å². The number of aldehydes is 1. The molecule has 0 aliphatic rings. The number of aromatic nitrogens is 1. The van der Waals surface area contributed by atoms with Gasteiger partial charge in [0.1, 0.15) is 11.8 Å². The zero-order chi connectivity index (χ0) is 17.1. The second-order valence-electron chi connectivity index (χ2n) is 5.52. The molecular weight excluding hydrogens is 304 g/mol. The highest BCUT2D eigenvalue weighted by Gasteiger charge is 2.18. The number of benzene rings is 2. The van der Waals surface area contributed by atoms with Crippen LogP contribution in [0.15, 0.2) is 54.7 Å². The van der Waals surface area contributed by atoms with E-state index in [0.717, 1.165) is 22.9 Å². The summed E-state index contributed by atoms with van der Waals surface area (Å²) in [5.41, 5.74) is 2.13. The first-order chi connectivity index (χ1) is 11.6. The van der Waals surface area contributed by atoms with E-state index < -0.39 is 6.04 Å². The Bertz CT molecular complexity index is 881. The summed E-state index contributed by atoms with van der Waals surface area (Å²) in [5.74, 6) is 0.575. The smallest absolute Gasteiger partial charge is 0.247 e. The SMILES string of the molecule is COc1ccc(NC(=O)C(C)n2cc(C=O)c3ccccc32)cc1. The summed E-state index contributed by atoms with van der Waals surface area (Å²) in [6, 6.07) is 14.2. The van der Waals surface area contributed by atoms with Gasteiger partial charge in [-0.1, -0.05) is 18.2 Å². The van der Waals surface area contributed by atoms with E-state index in [1.807, 2.05) is 28.8 Å². The van der Waals surface area contributed by atoms with E-state index in [1.54, 1.807) is 44.5 Å². The van der Waals surface area contributed by atoms with E-state index in [4.69, 9.17) is 4.74 Å². The molecule has 0 aliphatic carbocycles. The first-order valence-electron chi connectivity index (χ1n) is 7.63. The molecule has 0 aliphatic heterocycles. The molecule has 0 radical (unpaired) electrons. The first kappa shape index (κ1) is 15.8. The van der Waals surface area contributed by atoms with Gasteiger partial charge in [0, 0.05) is 28.4 Å². The topological polar surface area (TPSA) is 60.3 Å². The summed E-state index contributed by atoms with van der Waals surface area (Å²) in [4.78, 5) is 23.8. The number of amides is 1. The molecule has 0 saturated heterocycles. The van der Waals surface area contributed by atoms with Gasteiger partial charge in [-0.15, -0.1) is 0 Å². The van der Waals surface area contributed by atoms with Crippen LogP contribution in [0.3, 0.4) is 0 Å². The number of carbonyl (C=O) groups is 2. The van der Waals surface area contributed by atoms with Crippen LogP contribution in [0.25, 0.3) is 10.9 Å². The van der Waals surface area contributed by atoms with Crippen molar-refractivity contribution in [2.75, 3.05) is 12.4 Å². The van der Waals surface area contributed by atoms with Crippen molar-refractivity contribution in [3.63, 3.8) is 0 Å². The van der Waals surface area contributed by atoms with E-state index in [0.29, 0.717) is 11.3 Å². The second-order valence-corrected chi connectivity index (χ2v) is 5.52. The van der Waals surface area contributed by atoms with Gasteiger partial charge in [-0.2, -0.15) is 0 Å². The highest BCUT2D eigenvalue weighted by atomic mass is 16.5. The molecule has 5 heteroatoms. The van der Waals surface area contributed by atoms with Crippen molar-refractivity contribution in [3.05, 3.63) is 60.3 Å². The molecule has 5 nitrogen and oxygen atoms in total. The van der Waals surface area contributed by atoms with E-state index in [-0.39, 0.29) is 5.91 Å². The predicted molar refractivity (Wildman–Crippen MR) is 93.7 cm³/mol. The molecular formula is C19H18N2O3. The molecule has 1 N–H and O–H groups in total. The summed E-state index contributed by atoms with van der Waals surface area (Å²) < 4.78 is 6.92. The van der Waals surface area contributed by atoms with Crippen LogP contribution in [0.1, 0.15) is 23.3 Å². The zero-order valence-electron chi connectivity index (χ0n) is 13.5. The van der Waals surface area contributed by atoms with Crippen molar-refractivity contribution < 1.29 is 14.3 Å². The fraction of sp³-hybridized carbons (Fsp3) is 0.158. The largest absolute Gasteiger partial charge is 0.497 e. The first-order valence-corrected chi connectivity index (χ1v) is 7.63. The normalized spacial score (nSPS) is 11.9. The van der Waals surface area contributed by atoms with Gasteiger partial charge in [0.2, 0.25) is 5.91 Å². The molecule has 3 rings (SSSR count). The number of rotatable bonds is 5. The Morgan fingerprint density at radius 2 is 1.88 bits per heavy atom. The highest BCUT2D eigenvalue weighted by molar-refractivity contribution is 6.00. The van der Waals surface area contributed by atoms with Crippen LogP contribution in [0.4, 0.5) is 5.69 Å². The van der Waals surface area contributed by atoms with Crippen LogP contribution < -0.4 is 10.1 Å². The predicted octanol–water partition coefficient (Wildman–Crippen LogP) is 3.66. The van der Waals surface area contributed by atoms with Gasteiger partial charge in [-0.3, -0.25) is 9.59 Å². The Kier molecular flexibility index (Phi) is 4.33. The molecule has 122 valence electrons. The van der Waals surface area contributed by atoms with Crippen molar-refractivity contribution >= 4 is 28.8 Å². The number of hydrogen-bond donors (Lipinski definition) is 1. The average Bonchev–Trinajstić information content (AvgIpc) is 3.00. The Morgan fingerprint density at radius 3 is 2.54 bits per heavy atom. The highest BCUT2D eigenvalue weighted by Crippen LogP contribution is 2.24. The number of nitrogens with zero attached hydrogens (tertiary/aromatic N) is 1. The maximum atomic E-state index is 12.6. The molecule has 3 aromatic rings. The number of hydrogen-bond acceptors (Lipinski definition) is 3. The minimum Gasteiger partial charge on any atom is -0.497 e. The number of ether oxygens (including phenoxy) is 1. The molecule has 2 aromatic carbocycles. The van der Waals surface area contributed by atoms with Gasteiger partial charge in [-0.05, 0) is 37.3 Å². The lowest BCUT2D eigenvalue weighted by atomic mass is 10.2. The van der Waals surface area contributed by atoms with Crippen LogP contribution in [0.2, 0.25) is 0 Å². The third kappa shape index (κ3) is 2.88. The maximum absolute atomic E-state index is 12.6. The van der Waals surface area contributed by atoms with Crippen LogP contribution in [-0.4, -0.2) is 23.9 Å². The lowest BCUT2D eigenvalue weighted by Crippen LogP contribution is -2.23. The molecule has 1 unspecified atom stereocenters. The van der Waals surface area contributed by atoms with Crippen molar-refractivity contribution in [3.8, 4) is 5.75 Å². The number of carbonyl (C=O) groups excluding carboxylic acids is 2. The van der Waals surface area contributed by atoms with Crippen molar-refractivity contribution in [2.24, 2.45) is 0 Å². The number of para-hydroxylation sites is 1. The van der Waals surface area contributed by atoms with Crippen LogP contribution >= 0.6 is 0 Å². The maximum Gasteiger partial charge on any atom is 0.247 e. The van der Waals surface area contributed by atoms with Crippen LogP contribution in [-0.2, 0) is 4.79 Å². The Hall–Kier alpha value is -3.08. The standard InChI is InChI=1S/C19H18N2O3/c1-13(19(23)20-15-7-9-16(24-2)10-8-15)21-11-14(12-22)17-5-3-4-6-18(17)21/h3-13H,1-2H3,(H,20,23). The van der Waals surface area contributed by atoms with E-state index >= 15 is 0 Å². The average molecular weight is 322 g/mol. The Balaban J connectivity index is 1.86. The molecule has 1 atom stereocenters. The van der Waals surface area contributed by atoms with Gasteiger partial charge in [0.05, 0.1) is 7.11 Å². The molecule has 24 heavy (non-hydrogen) atoms. The molecule has 1 heterocycles. The van der Waals surface area contributed by atoms with Gasteiger partial charge in [0.15, 0.2) is 6.29 Å². The quantitative estimate of drug-likeness (QED) is 0.729. The fourth-order valence-electron chi connectivity index (χ4n) is 2.69. The Morgan fingerprint density at radius 1 is 1.17 bits per heavy atom. The molecule has 0 spiro atoms. The number of nitrogens with one attached hydrogen (secondary N) is 1. The minimum absolute atomic E-state index is 0.154. The van der Waals surface area contributed by atoms with Crippen molar-refractivity contribution in [1.29, 1.82) is 0 Å². The summed E-state index contributed by atoms with van der Waals surface area (Å²) in [6.45, 7) is 1.81. The molecule has 0 bridgehead atoms. The second kappa shape index (κ2) is 6.58. The number of methoxy groups -OCH3 is 1. The zero-order valence-corrected chi connectivity index (χ0v) is 13.5. The monoisotopic (exact) mass is 322 g/mol. The van der Waals surface area contributed by atoms with Gasteiger partial charge < -0.3 is 14.6 Å². The summed E-state index contributed by atoms with van der Waals surface area (Å²) in [7, 11) is 1.59. The lowest BCUT2D eigenvalue weighted by Gasteiger charge is -2.15. The van der Waals surface area contributed by atoms with Crippen molar-refractivity contribution in [2.45, 2.75) is 13.0 Å². The summed E-state index contributed by atoms with van der Waals surface area (Å²) >= 11 is 0. The van der Waals surface area contributed by atoms with Gasteiger partial charge in [0.25, 0.3) is 0 Å². The van der Waals surface area contributed by atoms with E-state index in [1.165, 1.54) is 0 Å². The molecule has 1 aromatic heterocycles. The number of fused-ring (bicyclic) bond motifs is 1. The number of anilines is 1. The van der Waals surface area contributed by atoms with E-state index in [9.17, 15) is 9.59 Å². The fourth-order valence-corrected chi connectivity index (χ4v) is 2.69. The third-order valence-electron chi connectivity index (χ3n) is 4.05. The molecule has 0 saturated carbocycles.